The molecule has 3 fully saturated rings. The lowest BCUT2D eigenvalue weighted by Gasteiger charge is -2.34. The maximum Gasteiger partial charge on any atom is 0.276 e. The molecule has 3 heterocycles. The minimum absolute atomic E-state index is 0.0143. The highest BCUT2D eigenvalue weighted by Crippen LogP contribution is 2.62. The third kappa shape index (κ3) is 1.98. The van der Waals surface area contributed by atoms with E-state index >= 15 is 0 Å². The van der Waals surface area contributed by atoms with Gasteiger partial charge in [0, 0.05) is 31.5 Å². The summed E-state index contributed by atoms with van der Waals surface area (Å²) >= 11 is 0. The standard InChI is InChI=1S/C18H22N4O2/c1-18-11-21(10-15(18)12-3-4-13(18)7-12)17(23)16-8-14(24-20-16)9-22-6-2-5-19-22/h2,5-6,8,12-13,15H,3-4,7,9-11H2,1H3/t12-,13+,15?,18-/m1/s1. The largest absolute Gasteiger partial charge is 0.359 e. The summed E-state index contributed by atoms with van der Waals surface area (Å²) in [4.78, 5) is 14.9. The molecule has 6 nitrogen and oxygen atoms in total. The Morgan fingerprint density at radius 1 is 1.46 bits per heavy atom. The number of carbonyl (C=O) groups excluding carboxylic acids is 1. The second kappa shape index (κ2) is 4.94. The number of aromatic nitrogens is 3. The Morgan fingerprint density at radius 3 is 3.17 bits per heavy atom. The van der Waals surface area contributed by atoms with E-state index in [1.165, 1.54) is 19.3 Å². The van der Waals surface area contributed by atoms with Gasteiger partial charge in [-0.05, 0) is 48.5 Å². The molecule has 1 amide bonds. The maximum absolute atomic E-state index is 12.9. The van der Waals surface area contributed by atoms with Crippen LogP contribution in [0, 0.1) is 23.2 Å². The molecular weight excluding hydrogens is 304 g/mol. The van der Waals surface area contributed by atoms with Gasteiger partial charge in [0.2, 0.25) is 0 Å². The number of rotatable bonds is 3. The predicted molar refractivity (Wildman–Crippen MR) is 86.2 cm³/mol. The van der Waals surface area contributed by atoms with Crippen LogP contribution in [0.4, 0.5) is 0 Å². The van der Waals surface area contributed by atoms with Gasteiger partial charge in [-0.25, -0.2) is 0 Å². The van der Waals surface area contributed by atoms with Crippen molar-refractivity contribution in [1.29, 1.82) is 0 Å². The van der Waals surface area contributed by atoms with Gasteiger partial charge in [-0.2, -0.15) is 5.10 Å². The number of hydrogen-bond donors (Lipinski definition) is 0. The Labute approximate surface area is 140 Å². The van der Waals surface area contributed by atoms with Crippen molar-refractivity contribution < 1.29 is 9.32 Å². The molecule has 2 bridgehead atoms. The highest BCUT2D eigenvalue weighted by molar-refractivity contribution is 5.92. The van der Waals surface area contributed by atoms with E-state index in [9.17, 15) is 4.79 Å². The molecule has 0 radical (unpaired) electrons. The number of hydrogen-bond acceptors (Lipinski definition) is 4. The number of amides is 1. The first kappa shape index (κ1) is 14.3. The molecule has 2 aromatic rings. The van der Waals surface area contributed by atoms with E-state index in [0.717, 1.165) is 24.9 Å². The molecule has 24 heavy (non-hydrogen) atoms. The SMILES string of the molecule is C[C@]12CN(C(=O)c3cc(Cn4cccn4)on3)CC1[C@@H]1CC[C@H]2C1. The van der Waals surface area contributed by atoms with Crippen LogP contribution in [0.15, 0.2) is 29.0 Å². The van der Waals surface area contributed by atoms with Gasteiger partial charge in [0.25, 0.3) is 5.91 Å². The molecule has 3 aliphatic rings. The monoisotopic (exact) mass is 326 g/mol. The Bertz CT molecular complexity index is 768. The summed E-state index contributed by atoms with van der Waals surface area (Å²) in [7, 11) is 0. The summed E-state index contributed by atoms with van der Waals surface area (Å²) in [6.07, 6.45) is 7.66. The normalized spacial score (nSPS) is 34.0. The molecule has 1 saturated heterocycles. The van der Waals surface area contributed by atoms with E-state index < -0.39 is 0 Å². The molecule has 1 aliphatic heterocycles. The smallest absolute Gasteiger partial charge is 0.276 e. The summed E-state index contributed by atoms with van der Waals surface area (Å²) in [5.41, 5.74) is 0.744. The first-order chi connectivity index (χ1) is 11.6. The van der Waals surface area contributed by atoms with Crippen LogP contribution in [0.3, 0.4) is 0 Å². The van der Waals surface area contributed by atoms with Crippen LogP contribution >= 0.6 is 0 Å². The molecule has 2 saturated carbocycles. The van der Waals surface area contributed by atoms with E-state index in [-0.39, 0.29) is 5.91 Å². The summed E-state index contributed by atoms with van der Waals surface area (Å²) in [5, 5.41) is 8.15. The second-order valence-electron chi connectivity index (χ2n) is 7.95. The topological polar surface area (TPSA) is 64.2 Å². The average molecular weight is 326 g/mol. The van der Waals surface area contributed by atoms with Crippen LogP contribution in [0.5, 0.6) is 0 Å². The zero-order chi connectivity index (χ0) is 16.3. The molecule has 126 valence electrons. The third-order valence-electron chi connectivity index (χ3n) is 6.71. The van der Waals surface area contributed by atoms with Crippen molar-refractivity contribution in [1.82, 2.24) is 19.8 Å². The highest BCUT2D eigenvalue weighted by Gasteiger charge is 2.59. The van der Waals surface area contributed by atoms with Crippen LogP contribution in [0.1, 0.15) is 42.4 Å². The minimum Gasteiger partial charge on any atom is -0.359 e. The number of likely N-dealkylation sites (tertiary alicyclic amines) is 1. The van der Waals surface area contributed by atoms with Crippen molar-refractivity contribution in [2.45, 2.75) is 32.7 Å². The van der Waals surface area contributed by atoms with Crippen molar-refractivity contribution in [3.63, 3.8) is 0 Å². The molecular formula is C18H22N4O2. The predicted octanol–water partition coefficient (Wildman–Crippen LogP) is 2.43. The zero-order valence-electron chi connectivity index (χ0n) is 13.9. The molecule has 2 aliphatic carbocycles. The van der Waals surface area contributed by atoms with Gasteiger partial charge in [0.15, 0.2) is 11.5 Å². The molecule has 0 spiro atoms. The molecule has 4 atom stereocenters. The van der Waals surface area contributed by atoms with E-state index in [1.807, 2.05) is 17.2 Å². The molecule has 6 heteroatoms. The molecule has 1 unspecified atom stereocenters. The first-order valence-corrected chi connectivity index (χ1v) is 8.86. The Balaban J connectivity index is 1.32. The molecule has 5 rings (SSSR count). The Morgan fingerprint density at radius 2 is 2.38 bits per heavy atom. The summed E-state index contributed by atoms with van der Waals surface area (Å²) in [5.74, 6) is 2.98. The van der Waals surface area contributed by atoms with Gasteiger partial charge in [-0.3, -0.25) is 9.48 Å². The lowest BCUT2D eigenvalue weighted by Crippen LogP contribution is -2.34. The fourth-order valence-electron chi connectivity index (χ4n) is 5.50. The van der Waals surface area contributed by atoms with Crippen LogP contribution in [0.25, 0.3) is 0 Å². The third-order valence-corrected chi connectivity index (χ3v) is 6.71. The van der Waals surface area contributed by atoms with Crippen molar-refractivity contribution in [2.24, 2.45) is 23.2 Å². The summed E-state index contributed by atoms with van der Waals surface area (Å²) in [6.45, 7) is 4.65. The lowest BCUT2D eigenvalue weighted by molar-refractivity contribution is 0.0749. The molecule has 0 aromatic carbocycles. The van der Waals surface area contributed by atoms with E-state index in [2.05, 4.69) is 17.2 Å². The van der Waals surface area contributed by atoms with Crippen LogP contribution in [0.2, 0.25) is 0 Å². The first-order valence-electron chi connectivity index (χ1n) is 8.86. The van der Waals surface area contributed by atoms with Gasteiger partial charge in [0.05, 0.1) is 0 Å². The van der Waals surface area contributed by atoms with Crippen molar-refractivity contribution in [2.75, 3.05) is 13.1 Å². The number of fused-ring (bicyclic) bond motifs is 5. The van der Waals surface area contributed by atoms with E-state index in [4.69, 9.17) is 4.52 Å². The van der Waals surface area contributed by atoms with Crippen molar-refractivity contribution in [3.05, 3.63) is 36.0 Å². The van der Waals surface area contributed by atoms with Gasteiger partial charge in [-0.1, -0.05) is 12.1 Å². The Hall–Kier alpha value is -2.11. The number of carbonyl (C=O) groups is 1. The maximum atomic E-state index is 12.9. The highest BCUT2D eigenvalue weighted by atomic mass is 16.5. The summed E-state index contributed by atoms with van der Waals surface area (Å²) < 4.78 is 7.09. The average Bonchev–Trinajstić information content (AvgIpc) is 3.35. The molecule has 2 aromatic heterocycles. The van der Waals surface area contributed by atoms with Gasteiger partial charge in [0.1, 0.15) is 6.54 Å². The quantitative estimate of drug-likeness (QED) is 0.869. The van der Waals surface area contributed by atoms with Crippen LogP contribution < -0.4 is 0 Å². The van der Waals surface area contributed by atoms with Crippen LogP contribution in [-0.2, 0) is 6.54 Å². The van der Waals surface area contributed by atoms with Gasteiger partial charge < -0.3 is 9.42 Å². The molecule has 0 N–H and O–H groups in total. The lowest BCUT2D eigenvalue weighted by atomic mass is 9.70. The van der Waals surface area contributed by atoms with Crippen LogP contribution in [-0.4, -0.2) is 38.8 Å². The zero-order valence-corrected chi connectivity index (χ0v) is 13.9. The van der Waals surface area contributed by atoms with Crippen molar-refractivity contribution >= 4 is 5.91 Å². The summed E-state index contributed by atoms with van der Waals surface area (Å²) in [6, 6.07) is 3.62. The number of nitrogens with zero attached hydrogens (tertiary/aromatic N) is 4. The van der Waals surface area contributed by atoms with E-state index in [1.54, 1.807) is 16.9 Å². The second-order valence-corrected chi connectivity index (χ2v) is 7.95. The minimum atomic E-state index is 0.0143. The van der Waals surface area contributed by atoms with Crippen molar-refractivity contribution in [3.8, 4) is 0 Å². The van der Waals surface area contributed by atoms with Gasteiger partial charge in [-0.15, -0.1) is 0 Å². The van der Waals surface area contributed by atoms with Gasteiger partial charge >= 0.3 is 0 Å². The Kier molecular flexibility index (Phi) is 2.94. The fourth-order valence-corrected chi connectivity index (χ4v) is 5.50. The fraction of sp³-hybridized carbons (Fsp3) is 0.611. The van der Waals surface area contributed by atoms with E-state index in [0.29, 0.717) is 29.3 Å².